The van der Waals surface area contributed by atoms with E-state index in [9.17, 15) is 0 Å². The van der Waals surface area contributed by atoms with E-state index in [1.165, 1.54) is 19.4 Å². The van der Waals surface area contributed by atoms with E-state index < -0.39 is 0 Å². The van der Waals surface area contributed by atoms with Crippen molar-refractivity contribution in [3.8, 4) is 11.8 Å². The molecule has 0 aromatic carbocycles. The number of nitrogens with zero attached hydrogens (tertiary/aromatic N) is 1. The molecule has 0 bridgehead atoms. The van der Waals surface area contributed by atoms with Crippen molar-refractivity contribution in [1.82, 2.24) is 4.90 Å². The fourth-order valence-electron chi connectivity index (χ4n) is 1.90. The van der Waals surface area contributed by atoms with Crippen molar-refractivity contribution in [3.05, 3.63) is 0 Å². The Kier molecular flexibility index (Phi) is 4.88. The van der Waals surface area contributed by atoms with Crippen molar-refractivity contribution in [1.29, 1.82) is 0 Å². The summed E-state index contributed by atoms with van der Waals surface area (Å²) in [5.74, 6) is 6.71. The van der Waals surface area contributed by atoms with Crippen LogP contribution in [0.15, 0.2) is 0 Å². The minimum absolute atomic E-state index is 0.331. The largest absolute Gasteiger partial charge is 0.396 e. The number of hydrogen-bond donors (Lipinski definition) is 1. The molecule has 1 atom stereocenters. The molecule has 0 amide bonds. The van der Waals surface area contributed by atoms with Gasteiger partial charge in [-0.2, -0.15) is 0 Å². The first kappa shape index (κ1) is 10.6. The molecule has 0 aromatic rings. The van der Waals surface area contributed by atoms with Crippen molar-refractivity contribution >= 4 is 0 Å². The molecule has 1 fully saturated rings. The molecule has 1 unspecified atom stereocenters. The maximum absolute atomic E-state index is 8.83. The van der Waals surface area contributed by atoms with Gasteiger partial charge in [-0.3, -0.25) is 4.90 Å². The van der Waals surface area contributed by atoms with Gasteiger partial charge in [0.25, 0.3) is 0 Å². The number of piperidine rings is 1. The summed E-state index contributed by atoms with van der Waals surface area (Å²) in [4.78, 5) is 2.39. The van der Waals surface area contributed by atoms with Crippen LogP contribution in [0.1, 0.15) is 26.2 Å². The maximum atomic E-state index is 8.83. The van der Waals surface area contributed by atoms with E-state index in [0.717, 1.165) is 19.5 Å². The lowest BCUT2D eigenvalue weighted by molar-refractivity contribution is 0.161. The predicted octanol–water partition coefficient (Wildman–Crippen LogP) is 1.10. The monoisotopic (exact) mass is 181 g/mol. The highest BCUT2D eigenvalue weighted by Crippen LogP contribution is 2.18. The van der Waals surface area contributed by atoms with E-state index in [1.807, 2.05) is 6.92 Å². The van der Waals surface area contributed by atoms with E-state index in [4.69, 9.17) is 5.11 Å². The number of aliphatic hydroxyl groups excluding tert-OH is 1. The highest BCUT2D eigenvalue weighted by molar-refractivity contribution is 4.98. The van der Waals surface area contributed by atoms with E-state index in [1.54, 1.807) is 0 Å². The molecule has 2 heteroatoms. The normalized spacial score (nSPS) is 23.7. The average molecular weight is 181 g/mol. The molecule has 0 aromatic heterocycles. The summed E-state index contributed by atoms with van der Waals surface area (Å²) in [7, 11) is 0. The smallest absolute Gasteiger partial charge is 0.0601 e. The number of aliphatic hydroxyl groups is 1. The third-order valence-electron chi connectivity index (χ3n) is 2.62. The van der Waals surface area contributed by atoms with Gasteiger partial charge in [0, 0.05) is 13.2 Å². The first-order valence-electron chi connectivity index (χ1n) is 5.09. The number of rotatable bonds is 3. The van der Waals surface area contributed by atoms with Gasteiger partial charge in [0.1, 0.15) is 0 Å². The van der Waals surface area contributed by atoms with Crippen LogP contribution >= 0.6 is 0 Å². The SMILES string of the molecule is CC#CCN1CCCC(CCO)C1. The molecule has 1 aliphatic rings. The summed E-state index contributed by atoms with van der Waals surface area (Å²) in [6.07, 6.45) is 3.49. The van der Waals surface area contributed by atoms with Gasteiger partial charge in [-0.05, 0) is 38.6 Å². The zero-order chi connectivity index (χ0) is 9.52. The summed E-state index contributed by atoms with van der Waals surface area (Å²) in [5, 5.41) is 8.83. The maximum Gasteiger partial charge on any atom is 0.0601 e. The Labute approximate surface area is 80.9 Å². The van der Waals surface area contributed by atoms with Crippen molar-refractivity contribution in [2.75, 3.05) is 26.2 Å². The molecule has 1 N–H and O–H groups in total. The molecule has 1 rings (SSSR count). The molecule has 0 aliphatic carbocycles. The number of hydrogen-bond acceptors (Lipinski definition) is 2. The molecule has 2 nitrogen and oxygen atoms in total. The fraction of sp³-hybridized carbons (Fsp3) is 0.818. The van der Waals surface area contributed by atoms with Crippen molar-refractivity contribution < 1.29 is 5.11 Å². The van der Waals surface area contributed by atoms with E-state index in [2.05, 4.69) is 16.7 Å². The summed E-state index contributed by atoms with van der Waals surface area (Å²) in [5.41, 5.74) is 0. The van der Waals surface area contributed by atoms with Crippen molar-refractivity contribution in [2.24, 2.45) is 5.92 Å². The van der Waals surface area contributed by atoms with Gasteiger partial charge >= 0.3 is 0 Å². The molecule has 0 saturated carbocycles. The van der Waals surface area contributed by atoms with Crippen molar-refractivity contribution in [3.63, 3.8) is 0 Å². The second-order valence-electron chi connectivity index (χ2n) is 3.68. The van der Waals surface area contributed by atoms with Crippen LogP contribution in [0.4, 0.5) is 0 Å². The van der Waals surface area contributed by atoms with Gasteiger partial charge in [-0.1, -0.05) is 5.92 Å². The average Bonchev–Trinajstić information content (AvgIpc) is 2.16. The second-order valence-corrected chi connectivity index (χ2v) is 3.68. The topological polar surface area (TPSA) is 23.5 Å². The third-order valence-corrected chi connectivity index (χ3v) is 2.62. The summed E-state index contributed by atoms with van der Waals surface area (Å²) in [6.45, 7) is 5.41. The highest BCUT2D eigenvalue weighted by atomic mass is 16.3. The van der Waals surface area contributed by atoms with Crippen molar-refractivity contribution in [2.45, 2.75) is 26.2 Å². The Bertz CT molecular complexity index is 190. The summed E-state index contributed by atoms with van der Waals surface area (Å²) < 4.78 is 0. The van der Waals surface area contributed by atoms with Crippen LogP contribution < -0.4 is 0 Å². The van der Waals surface area contributed by atoms with Gasteiger partial charge in [-0.15, -0.1) is 5.92 Å². The zero-order valence-electron chi connectivity index (χ0n) is 8.42. The van der Waals surface area contributed by atoms with Crippen LogP contribution in [0.5, 0.6) is 0 Å². The van der Waals surface area contributed by atoms with Crippen LogP contribution in [0.3, 0.4) is 0 Å². The lowest BCUT2D eigenvalue weighted by atomic mass is 9.95. The Balaban J connectivity index is 2.27. The first-order chi connectivity index (χ1) is 6.36. The summed E-state index contributed by atoms with van der Waals surface area (Å²) in [6, 6.07) is 0. The lowest BCUT2D eigenvalue weighted by Crippen LogP contribution is -2.35. The van der Waals surface area contributed by atoms with Gasteiger partial charge in [0.15, 0.2) is 0 Å². The van der Waals surface area contributed by atoms with Crippen LogP contribution in [0.2, 0.25) is 0 Å². The molecular formula is C11H19NO. The second kappa shape index (κ2) is 6.01. The Morgan fingerprint density at radius 3 is 3.08 bits per heavy atom. The molecule has 0 radical (unpaired) electrons. The number of likely N-dealkylation sites (tertiary alicyclic amines) is 1. The molecule has 74 valence electrons. The van der Waals surface area contributed by atoms with E-state index in [-0.39, 0.29) is 0 Å². The molecule has 0 spiro atoms. The van der Waals surface area contributed by atoms with E-state index >= 15 is 0 Å². The molecule has 1 saturated heterocycles. The van der Waals surface area contributed by atoms with Crippen LogP contribution in [0.25, 0.3) is 0 Å². The Morgan fingerprint density at radius 2 is 2.38 bits per heavy atom. The van der Waals surface area contributed by atoms with Gasteiger partial charge in [-0.25, -0.2) is 0 Å². The molecule has 1 heterocycles. The molecule has 1 aliphatic heterocycles. The Morgan fingerprint density at radius 1 is 1.54 bits per heavy atom. The minimum atomic E-state index is 0.331. The highest BCUT2D eigenvalue weighted by Gasteiger charge is 2.18. The van der Waals surface area contributed by atoms with Gasteiger partial charge < -0.3 is 5.11 Å². The quantitative estimate of drug-likeness (QED) is 0.659. The fourth-order valence-corrected chi connectivity index (χ4v) is 1.90. The van der Waals surface area contributed by atoms with Gasteiger partial charge in [0.2, 0.25) is 0 Å². The van der Waals surface area contributed by atoms with Crippen LogP contribution in [0, 0.1) is 17.8 Å². The van der Waals surface area contributed by atoms with Crippen LogP contribution in [-0.4, -0.2) is 36.2 Å². The van der Waals surface area contributed by atoms with E-state index in [0.29, 0.717) is 12.5 Å². The molecule has 13 heavy (non-hydrogen) atoms. The van der Waals surface area contributed by atoms with Gasteiger partial charge in [0.05, 0.1) is 6.54 Å². The Hall–Kier alpha value is -0.520. The third kappa shape index (κ3) is 3.80. The lowest BCUT2D eigenvalue weighted by Gasteiger charge is -2.30. The minimum Gasteiger partial charge on any atom is -0.396 e. The standard InChI is InChI=1S/C11H19NO/c1-2-3-7-12-8-4-5-11(10-12)6-9-13/h11,13H,4-10H2,1H3. The van der Waals surface area contributed by atoms with Crippen LogP contribution in [-0.2, 0) is 0 Å². The molecular weight excluding hydrogens is 162 g/mol. The summed E-state index contributed by atoms with van der Waals surface area (Å²) >= 11 is 0. The predicted molar refractivity (Wildman–Crippen MR) is 54.3 cm³/mol. The first-order valence-corrected chi connectivity index (χ1v) is 5.09. The zero-order valence-corrected chi connectivity index (χ0v) is 8.42.